The number of aromatic nitrogens is 1. The van der Waals surface area contributed by atoms with Crippen LogP contribution < -0.4 is 4.74 Å². The van der Waals surface area contributed by atoms with Gasteiger partial charge in [0.05, 0.1) is 20.9 Å². The molecule has 7 heteroatoms. The van der Waals surface area contributed by atoms with Gasteiger partial charge in [0.2, 0.25) is 0 Å². The molecule has 0 atom stereocenters. The Balaban J connectivity index is 2.54. The minimum Gasteiger partial charge on any atom is -0.487 e. The molecule has 1 N–H and O–H groups in total. The van der Waals surface area contributed by atoms with E-state index in [1.54, 1.807) is 6.20 Å². The zero-order chi connectivity index (χ0) is 12.6. The highest BCUT2D eigenvalue weighted by atomic mass is 127. The van der Waals surface area contributed by atoms with E-state index < -0.39 is 13.0 Å². The van der Waals surface area contributed by atoms with Gasteiger partial charge >= 0.3 is 0 Å². The molecule has 0 aliphatic carbocycles. The van der Waals surface area contributed by atoms with Gasteiger partial charge in [0.15, 0.2) is 0 Å². The molecule has 0 saturated carbocycles. The Morgan fingerprint density at radius 2 is 2.12 bits per heavy atom. The number of fused-ring (bicyclic) bond motifs is 1. The van der Waals surface area contributed by atoms with E-state index in [0.29, 0.717) is 21.7 Å². The Kier molecular flexibility index (Phi) is 3.99. The lowest BCUT2D eigenvalue weighted by molar-refractivity contribution is 0.0826. The van der Waals surface area contributed by atoms with Crippen molar-refractivity contribution in [2.75, 3.05) is 6.61 Å². The number of alkyl halides is 2. The van der Waals surface area contributed by atoms with Crippen molar-refractivity contribution in [3.8, 4) is 5.75 Å². The molecule has 0 fully saturated rings. The number of hydrogen-bond acceptors (Lipinski definition) is 1. The van der Waals surface area contributed by atoms with Crippen LogP contribution in [-0.4, -0.2) is 18.0 Å². The average molecular weight is 392 g/mol. The van der Waals surface area contributed by atoms with Crippen LogP contribution in [0.1, 0.15) is 0 Å². The number of benzene rings is 1. The Morgan fingerprint density at radius 3 is 2.76 bits per heavy atom. The normalized spacial score (nSPS) is 11.4. The van der Waals surface area contributed by atoms with Crippen molar-refractivity contribution in [2.45, 2.75) is 6.43 Å². The van der Waals surface area contributed by atoms with E-state index in [0.717, 1.165) is 3.57 Å². The maximum atomic E-state index is 12.1. The van der Waals surface area contributed by atoms with E-state index in [1.807, 2.05) is 0 Å². The standard InChI is InChI=1S/C10H6Cl2F2INO/c11-4-1-6(17-3-7(13)14)8-5(15)2-16-10(8)9(4)12/h1-2,7,16H,3H2. The monoisotopic (exact) mass is 391 g/mol. The van der Waals surface area contributed by atoms with Crippen molar-refractivity contribution < 1.29 is 13.5 Å². The van der Waals surface area contributed by atoms with E-state index in [-0.39, 0.29) is 5.02 Å². The molecule has 0 unspecified atom stereocenters. The van der Waals surface area contributed by atoms with Crippen LogP contribution in [0.15, 0.2) is 12.3 Å². The lowest BCUT2D eigenvalue weighted by Gasteiger charge is -2.09. The number of halogens is 5. The second kappa shape index (κ2) is 5.16. The summed E-state index contributed by atoms with van der Waals surface area (Å²) in [6.07, 6.45) is -0.820. The highest BCUT2D eigenvalue weighted by Gasteiger charge is 2.16. The summed E-state index contributed by atoms with van der Waals surface area (Å²) < 4.78 is 30.1. The molecule has 1 aromatic carbocycles. The first-order valence-corrected chi connectivity index (χ1v) is 6.39. The van der Waals surface area contributed by atoms with Gasteiger partial charge < -0.3 is 9.72 Å². The SMILES string of the molecule is FC(F)COc1cc(Cl)c(Cl)c2[nH]cc(I)c12. The molecular formula is C10H6Cl2F2INO. The third kappa shape index (κ3) is 2.61. The summed E-state index contributed by atoms with van der Waals surface area (Å²) in [5, 5.41) is 1.29. The van der Waals surface area contributed by atoms with E-state index in [9.17, 15) is 8.78 Å². The zero-order valence-corrected chi connectivity index (χ0v) is 11.9. The van der Waals surface area contributed by atoms with E-state index in [4.69, 9.17) is 27.9 Å². The third-order valence-electron chi connectivity index (χ3n) is 2.13. The van der Waals surface area contributed by atoms with Crippen molar-refractivity contribution in [1.29, 1.82) is 0 Å². The highest BCUT2D eigenvalue weighted by molar-refractivity contribution is 14.1. The van der Waals surface area contributed by atoms with E-state index >= 15 is 0 Å². The predicted molar refractivity (Wildman–Crippen MR) is 72.5 cm³/mol. The first-order valence-electron chi connectivity index (χ1n) is 4.56. The first-order chi connectivity index (χ1) is 8.00. The van der Waals surface area contributed by atoms with Gasteiger partial charge in [0.1, 0.15) is 12.4 Å². The number of aromatic amines is 1. The van der Waals surface area contributed by atoms with Crippen LogP contribution in [0.4, 0.5) is 8.78 Å². The number of rotatable bonds is 3. The Bertz CT molecular complexity index is 559. The van der Waals surface area contributed by atoms with Crippen LogP contribution in [0.3, 0.4) is 0 Å². The van der Waals surface area contributed by atoms with Gasteiger partial charge in [0.25, 0.3) is 6.43 Å². The number of hydrogen-bond donors (Lipinski definition) is 1. The predicted octanol–water partition coefficient (Wildman–Crippen LogP) is 4.72. The zero-order valence-electron chi connectivity index (χ0n) is 8.24. The van der Waals surface area contributed by atoms with Crippen LogP contribution in [-0.2, 0) is 0 Å². The van der Waals surface area contributed by atoms with Crippen molar-refractivity contribution in [3.63, 3.8) is 0 Å². The van der Waals surface area contributed by atoms with Crippen LogP contribution in [0.2, 0.25) is 10.0 Å². The fourth-order valence-electron chi connectivity index (χ4n) is 1.45. The lowest BCUT2D eigenvalue weighted by Crippen LogP contribution is -2.07. The molecule has 0 aliphatic rings. The van der Waals surface area contributed by atoms with Gasteiger partial charge in [0, 0.05) is 15.8 Å². The van der Waals surface area contributed by atoms with Gasteiger partial charge in [-0.1, -0.05) is 23.2 Å². The van der Waals surface area contributed by atoms with Crippen molar-refractivity contribution >= 4 is 56.7 Å². The largest absolute Gasteiger partial charge is 0.487 e. The second-order valence-corrected chi connectivity index (χ2v) is 5.21. The molecule has 1 aromatic heterocycles. The summed E-state index contributed by atoms with van der Waals surface area (Å²) in [6, 6.07) is 1.45. The molecule has 0 bridgehead atoms. The van der Waals surface area contributed by atoms with Gasteiger partial charge in [-0.2, -0.15) is 0 Å². The van der Waals surface area contributed by atoms with Crippen molar-refractivity contribution in [3.05, 3.63) is 25.9 Å². The topological polar surface area (TPSA) is 25.0 Å². The molecular weight excluding hydrogens is 386 g/mol. The molecule has 2 rings (SSSR count). The summed E-state index contributed by atoms with van der Waals surface area (Å²) in [6.45, 7) is -0.672. The fraction of sp³-hybridized carbons (Fsp3) is 0.200. The maximum Gasteiger partial charge on any atom is 0.272 e. The lowest BCUT2D eigenvalue weighted by atomic mass is 10.2. The Hall–Kier alpha value is -0.270. The van der Waals surface area contributed by atoms with E-state index in [2.05, 4.69) is 27.6 Å². The molecule has 2 aromatic rings. The average Bonchev–Trinajstić information content (AvgIpc) is 2.64. The Labute approximate surface area is 119 Å². The van der Waals surface area contributed by atoms with Crippen molar-refractivity contribution in [2.24, 2.45) is 0 Å². The number of ether oxygens (including phenoxy) is 1. The van der Waals surface area contributed by atoms with Gasteiger partial charge in [-0.3, -0.25) is 0 Å². The molecule has 17 heavy (non-hydrogen) atoms. The molecule has 0 spiro atoms. The third-order valence-corrected chi connectivity index (χ3v) is 3.77. The van der Waals surface area contributed by atoms with Crippen LogP contribution in [0.25, 0.3) is 10.9 Å². The highest BCUT2D eigenvalue weighted by Crippen LogP contribution is 2.39. The molecule has 2 nitrogen and oxygen atoms in total. The second-order valence-electron chi connectivity index (χ2n) is 3.26. The smallest absolute Gasteiger partial charge is 0.272 e. The minimum atomic E-state index is -2.53. The number of H-pyrrole nitrogens is 1. The minimum absolute atomic E-state index is 0.265. The molecule has 0 aliphatic heterocycles. The summed E-state index contributed by atoms with van der Waals surface area (Å²) in [5.74, 6) is 0.306. The quantitative estimate of drug-likeness (QED) is 0.752. The summed E-state index contributed by atoms with van der Waals surface area (Å²) in [7, 11) is 0. The Morgan fingerprint density at radius 1 is 1.41 bits per heavy atom. The summed E-state index contributed by atoms with van der Waals surface area (Å²) in [4.78, 5) is 2.93. The summed E-state index contributed by atoms with van der Waals surface area (Å²) in [5.41, 5.74) is 0.591. The van der Waals surface area contributed by atoms with E-state index in [1.165, 1.54) is 6.07 Å². The molecule has 1 heterocycles. The molecule has 0 amide bonds. The maximum absolute atomic E-state index is 12.1. The van der Waals surface area contributed by atoms with Crippen LogP contribution >= 0.6 is 45.8 Å². The first kappa shape index (κ1) is 13.2. The van der Waals surface area contributed by atoms with Crippen molar-refractivity contribution in [1.82, 2.24) is 4.98 Å². The summed E-state index contributed by atoms with van der Waals surface area (Å²) >= 11 is 14.0. The molecule has 0 saturated heterocycles. The molecule has 92 valence electrons. The van der Waals surface area contributed by atoms with Crippen LogP contribution in [0, 0.1) is 3.57 Å². The van der Waals surface area contributed by atoms with Crippen LogP contribution in [0.5, 0.6) is 5.75 Å². The number of nitrogens with one attached hydrogen (secondary N) is 1. The fourth-order valence-corrected chi connectivity index (χ4v) is 2.54. The van der Waals surface area contributed by atoms with Gasteiger partial charge in [-0.15, -0.1) is 0 Å². The molecule has 0 radical (unpaired) electrons. The van der Waals surface area contributed by atoms with Gasteiger partial charge in [-0.05, 0) is 22.6 Å². The van der Waals surface area contributed by atoms with Gasteiger partial charge in [-0.25, -0.2) is 8.78 Å².